The molecule has 0 bridgehead atoms. The molecule has 21 heavy (non-hydrogen) atoms. The van der Waals surface area contributed by atoms with Crippen LogP contribution >= 0.6 is 27.5 Å². The highest BCUT2D eigenvalue weighted by Crippen LogP contribution is 2.34. The molecule has 2 nitrogen and oxygen atoms in total. The first-order valence-electron chi connectivity index (χ1n) is 7.76. The van der Waals surface area contributed by atoms with Crippen molar-refractivity contribution in [3.05, 3.63) is 27.2 Å². The molecule has 1 aromatic rings. The molecule has 0 radical (unpaired) electrons. The highest BCUT2D eigenvalue weighted by molar-refractivity contribution is 9.10. The molecule has 1 fully saturated rings. The molecule has 0 aromatic heterocycles. The summed E-state index contributed by atoms with van der Waals surface area (Å²) in [6.07, 6.45) is 2.40. The van der Waals surface area contributed by atoms with Gasteiger partial charge in [0, 0.05) is 19.6 Å². The summed E-state index contributed by atoms with van der Waals surface area (Å²) >= 11 is 9.76. The molecule has 1 aromatic carbocycles. The van der Waals surface area contributed by atoms with E-state index < -0.39 is 0 Å². The second-order valence-corrected chi connectivity index (χ2v) is 7.73. The Morgan fingerprint density at radius 2 is 1.95 bits per heavy atom. The fourth-order valence-corrected chi connectivity index (χ4v) is 4.39. The zero-order chi connectivity index (χ0) is 15.4. The summed E-state index contributed by atoms with van der Waals surface area (Å²) in [5.41, 5.74) is 1.13. The summed E-state index contributed by atoms with van der Waals surface area (Å²) in [4.78, 5) is 2.56. The van der Waals surface area contributed by atoms with Crippen molar-refractivity contribution in [2.75, 3.05) is 26.2 Å². The predicted octanol–water partition coefficient (Wildman–Crippen LogP) is 5.16. The molecular weight excluding hydrogens is 350 g/mol. The molecule has 118 valence electrons. The summed E-state index contributed by atoms with van der Waals surface area (Å²) < 4.78 is 6.80. The van der Waals surface area contributed by atoms with Crippen molar-refractivity contribution in [3.8, 4) is 5.75 Å². The van der Waals surface area contributed by atoms with Crippen LogP contribution in [0.5, 0.6) is 5.75 Å². The van der Waals surface area contributed by atoms with Gasteiger partial charge in [0.1, 0.15) is 0 Å². The molecule has 4 heteroatoms. The van der Waals surface area contributed by atoms with Gasteiger partial charge in [-0.1, -0.05) is 25.4 Å². The first-order valence-corrected chi connectivity index (χ1v) is 8.93. The van der Waals surface area contributed by atoms with Crippen LogP contribution in [0.4, 0.5) is 0 Å². The Balaban J connectivity index is 1.77. The highest BCUT2D eigenvalue weighted by atomic mass is 79.9. The quantitative estimate of drug-likeness (QED) is 0.660. The van der Waals surface area contributed by atoms with Crippen molar-refractivity contribution < 1.29 is 4.74 Å². The Morgan fingerprint density at radius 1 is 1.29 bits per heavy atom. The van der Waals surface area contributed by atoms with Gasteiger partial charge in [-0.05, 0) is 65.2 Å². The van der Waals surface area contributed by atoms with Crippen molar-refractivity contribution >= 4 is 27.5 Å². The molecule has 0 spiro atoms. The van der Waals surface area contributed by atoms with Crippen LogP contribution in [0.3, 0.4) is 0 Å². The number of hydrogen-bond acceptors (Lipinski definition) is 2. The Labute approximate surface area is 141 Å². The van der Waals surface area contributed by atoms with Gasteiger partial charge in [-0.2, -0.15) is 0 Å². The van der Waals surface area contributed by atoms with Gasteiger partial charge < -0.3 is 9.64 Å². The van der Waals surface area contributed by atoms with Crippen molar-refractivity contribution in [2.45, 2.75) is 33.6 Å². The minimum Gasteiger partial charge on any atom is -0.491 e. The lowest BCUT2D eigenvalue weighted by atomic mass is 9.92. The van der Waals surface area contributed by atoms with E-state index in [0.717, 1.165) is 40.6 Å². The van der Waals surface area contributed by atoms with Crippen LogP contribution in [-0.2, 0) is 0 Å². The number of nitrogens with zero attached hydrogens (tertiary/aromatic N) is 1. The lowest BCUT2D eigenvalue weighted by Crippen LogP contribution is -2.39. The number of halogens is 2. The molecular formula is C17H25BrClNO. The number of piperidine rings is 1. The van der Waals surface area contributed by atoms with Crippen molar-refractivity contribution in [3.63, 3.8) is 0 Å². The van der Waals surface area contributed by atoms with Crippen LogP contribution in [0, 0.1) is 18.8 Å². The van der Waals surface area contributed by atoms with Crippen LogP contribution in [0.2, 0.25) is 5.02 Å². The smallest absolute Gasteiger partial charge is 0.152 e. The van der Waals surface area contributed by atoms with Crippen molar-refractivity contribution in [1.82, 2.24) is 4.90 Å². The molecule has 2 atom stereocenters. The Kier molecular flexibility index (Phi) is 6.39. The van der Waals surface area contributed by atoms with E-state index in [9.17, 15) is 0 Å². The van der Waals surface area contributed by atoms with Crippen molar-refractivity contribution in [1.29, 1.82) is 0 Å². The third-order valence-electron chi connectivity index (χ3n) is 3.95. The third-order valence-corrected chi connectivity index (χ3v) is 4.82. The van der Waals surface area contributed by atoms with Crippen LogP contribution in [-0.4, -0.2) is 31.1 Å². The topological polar surface area (TPSA) is 12.5 Å². The molecule has 0 saturated carbocycles. The fraction of sp³-hybridized carbons (Fsp3) is 0.647. The van der Waals surface area contributed by atoms with Gasteiger partial charge in [-0.25, -0.2) is 0 Å². The van der Waals surface area contributed by atoms with E-state index >= 15 is 0 Å². The molecule has 1 aliphatic heterocycles. The predicted molar refractivity (Wildman–Crippen MR) is 93.4 cm³/mol. The van der Waals surface area contributed by atoms with Crippen LogP contribution < -0.4 is 4.74 Å². The summed E-state index contributed by atoms with van der Waals surface area (Å²) in [5, 5.41) is 0.682. The number of rotatable bonds is 5. The maximum atomic E-state index is 6.24. The second kappa shape index (κ2) is 7.85. The molecule has 0 N–H and O–H groups in total. The van der Waals surface area contributed by atoms with Gasteiger partial charge in [0.05, 0.1) is 16.1 Å². The molecule has 1 aliphatic rings. The van der Waals surface area contributed by atoms with E-state index in [1.807, 2.05) is 19.1 Å². The molecule has 0 unspecified atom stereocenters. The van der Waals surface area contributed by atoms with Crippen LogP contribution in [0.15, 0.2) is 16.6 Å². The average Bonchev–Trinajstić information content (AvgIpc) is 2.35. The highest BCUT2D eigenvalue weighted by Gasteiger charge is 2.21. The SMILES string of the molecule is Cc1cc(Cl)c(OCCCN2C[C@H](C)C[C@H](C)C2)c(Br)c1. The largest absolute Gasteiger partial charge is 0.491 e. The van der Waals surface area contributed by atoms with E-state index in [1.165, 1.54) is 19.5 Å². The van der Waals surface area contributed by atoms with Gasteiger partial charge >= 0.3 is 0 Å². The zero-order valence-electron chi connectivity index (χ0n) is 13.2. The van der Waals surface area contributed by atoms with E-state index in [-0.39, 0.29) is 0 Å². The molecule has 0 amide bonds. The van der Waals surface area contributed by atoms with Gasteiger partial charge in [-0.15, -0.1) is 0 Å². The van der Waals surface area contributed by atoms with Gasteiger partial charge in [0.25, 0.3) is 0 Å². The number of benzene rings is 1. The standard InChI is InChI=1S/C17H25BrClNO/c1-12-8-15(18)17(16(19)9-12)21-6-4-5-20-10-13(2)7-14(3)11-20/h8-9,13-14H,4-7,10-11H2,1-3H3/t13-,14+. The maximum Gasteiger partial charge on any atom is 0.152 e. The summed E-state index contributed by atoms with van der Waals surface area (Å²) in [5.74, 6) is 2.40. The Bertz CT molecular complexity index is 447. The molecule has 0 aliphatic carbocycles. The van der Waals surface area contributed by atoms with E-state index in [4.69, 9.17) is 16.3 Å². The van der Waals surface area contributed by atoms with Crippen molar-refractivity contribution in [2.24, 2.45) is 11.8 Å². The summed E-state index contributed by atoms with van der Waals surface area (Å²) in [6, 6.07) is 3.98. The number of likely N-dealkylation sites (tertiary alicyclic amines) is 1. The van der Waals surface area contributed by atoms with Gasteiger partial charge in [-0.3, -0.25) is 0 Å². The second-order valence-electron chi connectivity index (χ2n) is 6.47. The van der Waals surface area contributed by atoms with Crippen LogP contribution in [0.1, 0.15) is 32.3 Å². The fourth-order valence-electron chi connectivity index (χ4n) is 3.26. The lowest BCUT2D eigenvalue weighted by Gasteiger charge is -2.34. The summed E-state index contributed by atoms with van der Waals surface area (Å²) in [7, 11) is 0. The molecule has 1 saturated heterocycles. The number of ether oxygens (including phenoxy) is 1. The number of aryl methyl sites for hydroxylation is 1. The van der Waals surface area contributed by atoms with Gasteiger partial charge in [0.15, 0.2) is 5.75 Å². The molecule has 2 rings (SSSR count). The lowest BCUT2D eigenvalue weighted by molar-refractivity contribution is 0.132. The normalized spacial score (nSPS) is 23.3. The third kappa shape index (κ3) is 5.15. The number of hydrogen-bond donors (Lipinski definition) is 0. The van der Waals surface area contributed by atoms with Crippen LogP contribution in [0.25, 0.3) is 0 Å². The minimum atomic E-state index is 0.682. The Hall–Kier alpha value is -0.250. The zero-order valence-corrected chi connectivity index (χ0v) is 15.5. The minimum absolute atomic E-state index is 0.682. The van der Waals surface area contributed by atoms with E-state index in [1.54, 1.807) is 0 Å². The maximum absolute atomic E-state index is 6.24. The van der Waals surface area contributed by atoms with E-state index in [0.29, 0.717) is 11.6 Å². The Morgan fingerprint density at radius 3 is 2.57 bits per heavy atom. The molecule has 1 heterocycles. The first kappa shape index (κ1) is 17.1. The summed E-state index contributed by atoms with van der Waals surface area (Å²) in [6.45, 7) is 11.0. The van der Waals surface area contributed by atoms with E-state index in [2.05, 4.69) is 34.7 Å². The monoisotopic (exact) mass is 373 g/mol. The first-order chi connectivity index (χ1) is 9.95. The van der Waals surface area contributed by atoms with Gasteiger partial charge in [0.2, 0.25) is 0 Å². The average molecular weight is 375 g/mol.